The second-order valence-corrected chi connectivity index (χ2v) is 10.0. The number of benzene rings is 1. The Morgan fingerprint density at radius 1 is 0.929 bits per heavy atom. The van der Waals surface area contributed by atoms with E-state index in [-0.39, 0.29) is 50.0 Å². The van der Waals surface area contributed by atoms with Gasteiger partial charge in [0.15, 0.2) is 11.9 Å². The molecule has 0 bridgehead atoms. The minimum atomic E-state index is -1.26. The second-order valence-electron chi connectivity index (χ2n) is 10.0. The summed E-state index contributed by atoms with van der Waals surface area (Å²) in [6, 6.07) is 1.83. The van der Waals surface area contributed by atoms with Crippen molar-refractivity contribution in [2.24, 2.45) is 38.7 Å². The Morgan fingerprint density at radius 3 is 2.10 bits per heavy atom. The van der Waals surface area contributed by atoms with E-state index in [1.54, 1.807) is 12.1 Å². The maximum atomic E-state index is 13.6. The summed E-state index contributed by atoms with van der Waals surface area (Å²) < 4.78 is 0. The molecule has 0 spiro atoms. The number of guanidine groups is 2. The van der Waals surface area contributed by atoms with E-state index < -0.39 is 47.9 Å². The number of phenols is 1. The van der Waals surface area contributed by atoms with Gasteiger partial charge >= 0.3 is 5.97 Å². The van der Waals surface area contributed by atoms with Crippen molar-refractivity contribution >= 4 is 35.6 Å². The van der Waals surface area contributed by atoms with Crippen molar-refractivity contribution in [3.8, 4) is 5.75 Å². The van der Waals surface area contributed by atoms with E-state index in [1.165, 1.54) is 17.0 Å². The fraction of sp³-hybridized carbons (Fsp3) is 0.538. The summed E-state index contributed by atoms with van der Waals surface area (Å²) in [6.45, 7) is 0.754. The summed E-state index contributed by atoms with van der Waals surface area (Å²) in [5.41, 5.74) is 28.0. The maximum absolute atomic E-state index is 13.6. The number of hydrogen-bond donors (Lipinski definition) is 9. The van der Waals surface area contributed by atoms with Gasteiger partial charge in [-0.3, -0.25) is 24.4 Å². The average Bonchev–Trinajstić information content (AvgIpc) is 3.43. The SMILES string of the molecule is NC(N)=NCCCC(N)C(=O)NC(CCCN=C(N)N)C(=O)N1CCCC1C(=O)NC(Cc1ccc(O)cc1)C(=O)O. The van der Waals surface area contributed by atoms with Crippen LogP contribution < -0.4 is 39.3 Å². The predicted molar refractivity (Wildman–Crippen MR) is 156 cm³/mol. The molecular weight excluding hydrogens is 548 g/mol. The molecule has 1 aromatic rings. The van der Waals surface area contributed by atoms with Crippen LogP contribution in [-0.2, 0) is 25.6 Å². The molecule has 16 nitrogen and oxygen atoms in total. The normalized spacial score (nSPS) is 16.5. The first-order chi connectivity index (χ1) is 19.9. The number of rotatable bonds is 16. The van der Waals surface area contributed by atoms with Gasteiger partial charge in [-0.25, -0.2) is 4.79 Å². The van der Waals surface area contributed by atoms with Crippen LogP contribution in [0.4, 0.5) is 0 Å². The van der Waals surface area contributed by atoms with Crippen LogP contribution in [-0.4, -0.2) is 94.5 Å². The predicted octanol–water partition coefficient (Wildman–Crippen LogP) is -2.59. The first-order valence-corrected chi connectivity index (χ1v) is 13.7. The summed E-state index contributed by atoms with van der Waals surface area (Å²) in [5, 5.41) is 24.4. The van der Waals surface area contributed by atoms with Crippen LogP contribution in [0.15, 0.2) is 34.3 Å². The van der Waals surface area contributed by atoms with Crippen LogP contribution in [0.3, 0.4) is 0 Å². The summed E-state index contributed by atoms with van der Waals surface area (Å²) >= 11 is 0. The number of carbonyl (C=O) groups excluding carboxylic acids is 3. The Hall–Kier alpha value is -4.60. The molecule has 42 heavy (non-hydrogen) atoms. The molecule has 16 heteroatoms. The number of likely N-dealkylation sites (tertiary alicyclic amines) is 1. The van der Waals surface area contributed by atoms with Crippen molar-refractivity contribution < 1.29 is 29.4 Å². The third-order valence-corrected chi connectivity index (χ3v) is 6.69. The van der Waals surface area contributed by atoms with Gasteiger partial charge in [-0.15, -0.1) is 0 Å². The zero-order valence-electron chi connectivity index (χ0n) is 23.4. The van der Waals surface area contributed by atoms with Gasteiger partial charge < -0.3 is 54.4 Å². The van der Waals surface area contributed by atoms with Crippen molar-refractivity contribution in [1.82, 2.24) is 15.5 Å². The minimum Gasteiger partial charge on any atom is -0.508 e. The Balaban J connectivity index is 2.11. The summed E-state index contributed by atoms with van der Waals surface area (Å²) in [5.74, 6) is -3.06. The van der Waals surface area contributed by atoms with E-state index in [2.05, 4.69) is 20.6 Å². The van der Waals surface area contributed by atoms with Crippen LogP contribution >= 0.6 is 0 Å². The van der Waals surface area contributed by atoms with Gasteiger partial charge in [-0.2, -0.15) is 0 Å². The van der Waals surface area contributed by atoms with Gasteiger partial charge in [0, 0.05) is 26.1 Å². The lowest BCUT2D eigenvalue weighted by atomic mass is 10.0. The molecule has 1 aromatic carbocycles. The van der Waals surface area contributed by atoms with Gasteiger partial charge in [-0.1, -0.05) is 12.1 Å². The average molecular weight is 591 g/mol. The number of aliphatic carboxylic acids is 1. The highest BCUT2D eigenvalue weighted by Gasteiger charge is 2.39. The van der Waals surface area contributed by atoms with E-state index >= 15 is 0 Å². The third-order valence-electron chi connectivity index (χ3n) is 6.69. The molecule has 0 aromatic heterocycles. The van der Waals surface area contributed by atoms with Crippen molar-refractivity contribution in [3.63, 3.8) is 0 Å². The molecule has 14 N–H and O–H groups in total. The molecule has 2 rings (SSSR count). The first-order valence-electron chi connectivity index (χ1n) is 13.7. The lowest BCUT2D eigenvalue weighted by Gasteiger charge is -2.30. The molecule has 1 aliphatic rings. The number of aliphatic imine (C=N–C) groups is 2. The Bertz CT molecular complexity index is 1130. The number of carbonyl (C=O) groups is 4. The number of amides is 3. The highest BCUT2D eigenvalue weighted by molar-refractivity contribution is 5.94. The number of carboxylic acid groups (broad SMARTS) is 1. The van der Waals surface area contributed by atoms with Crippen molar-refractivity contribution in [1.29, 1.82) is 0 Å². The van der Waals surface area contributed by atoms with Crippen molar-refractivity contribution in [3.05, 3.63) is 29.8 Å². The van der Waals surface area contributed by atoms with E-state index in [9.17, 15) is 29.4 Å². The number of nitrogens with zero attached hydrogens (tertiary/aromatic N) is 3. The second kappa shape index (κ2) is 16.6. The molecule has 4 atom stereocenters. The Labute approximate surface area is 243 Å². The first kappa shape index (κ1) is 33.6. The Morgan fingerprint density at radius 2 is 1.52 bits per heavy atom. The number of nitrogens with one attached hydrogen (secondary N) is 2. The Kier molecular flexibility index (Phi) is 13.3. The van der Waals surface area contributed by atoms with Crippen LogP contribution in [0, 0.1) is 0 Å². The summed E-state index contributed by atoms with van der Waals surface area (Å²) in [6.07, 6.45) is 2.05. The monoisotopic (exact) mass is 590 g/mol. The lowest BCUT2D eigenvalue weighted by Crippen LogP contribution is -2.57. The van der Waals surface area contributed by atoms with Crippen molar-refractivity contribution in [2.75, 3.05) is 19.6 Å². The lowest BCUT2D eigenvalue weighted by molar-refractivity contribution is -0.145. The zero-order valence-corrected chi connectivity index (χ0v) is 23.4. The topological polar surface area (TPSA) is 291 Å². The largest absolute Gasteiger partial charge is 0.508 e. The molecule has 232 valence electrons. The number of nitrogens with two attached hydrogens (primary N) is 5. The molecule has 1 aliphatic heterocycles. The maximum Gasteiger partial charge on any atom is 0.326 e. The fourth-order valence-corrected chi connectivity index (χ4v) is 4.53. The standard InChI is InChI=1S/C26H42N10O6/c27-17(4-1-11-32-25(28)29)21(38)34-18(5-2-12-33-26(30)31)23(40)36-13-3-6-20(36)22(39)35-19(24(41)42)14-15-7-9-16(37)10-8-15/h7-10,17-20,37H,1-6,11-14,27H2,(H,34,38)(H,35,39)(H,41,42)(H4,28,29,32)(H4,30,31,33). The number of phenolic OH excluding ortho intramolecular Hbond substituents is 1. The molecule has 4 unspecified atom stereocenters. The molecule has 0 aliphatic carbocycles. The van der Waals surface area contributed by atoms with Gasteiger partial charge in [0.05, 0.1) is 6.04 Å². The number of aromatic hydroxyl groups is 1. The molecule has 0 saturated carbocycles. The van der Waals surface area contributed by atoms with Crippen LogP contribution in [0.2, 0.25) is 0 Å². The van der Waals surface area contributed by atoms with E-state index in [0.717, 1.165) is 0 Å². The number of hydrogen-bond acceptors (Lipinski definition) is 8. The summed E-state index contributed by atoms with van der Waals surface area (Å²) in [4.78, 5) is 60.7. The number of carboxylic acids is 1. The van der Waals surface area contributed by atoms with Gasteiger partial charge in [0.2, 0.25) is 17.7 Å². The highest BCUT2D eigenvalue weighted by Crippen LogP contribution is 2.21. The third kappa shape index (κ3) is 11.1. The van der Waals surface area contributed by atoms with E-state index in [4.69, 9.17) is 28.7 Å². The molecule has 0 radical (unpaired) electrons. The van der Waals surface area contributed by atoms with Gasteiger partial charge in [0.25, 0.3) is 0 Å². The van der Waals surface area contributed by atoms with Crippen LogP contribution in [0.25, 0.3) is 0 Å². The summed E-state index contributed by atoms with van der Waals surface area (Å²) in [7, 11) is 0. The van der Waals surface area contributed by atoms with Gasteiger partial charge in [-0.05, 0) is 56.2 Å². The van der Waals surface area contributed by atoms with Crippen LogP contribution in [0.1, 0.15) is 44.1 Å². The van der Waals surface area contributed by atoms with E-state index in [1.807, 2.05) is 0 Å². The van der Waals surface area contributed by atoms with Crippen LogP contribution in [0.5, 0.6) is 5.75 Å². The molecule has 3 amide bonds. The van der Waals surface area contributed by atoms with E-state index in [0.29, 0.717) is 37.8 Å². The van der Waals surface area contributed by atoms with Gasteiger partial charge in [0.1, 0.15) is 23.9 Å². The minimum absolute atomic E-state index is 0.0213. The molecule has 1 saturated heterocycles. The van der Waals surface area contributed by atoms with Crippen molar-refractivity contribution in [2.45, 2.75) is 69.1 Å². The molecule has 1 fully saturated rings. The fourth-order valence-electron chi connectivity index (χ4n) is 4.53. The zero-order chi connectivity index (χ0) is 31.2. The smallest absolute Gasteiger partial charge is 0.326 e. The molecular formula is C26H42N10O6. The highest BCUT2D eigenvalue weighted by atomic mass is 16.4. The quantitative estimate of drug-likeness (QED) is 0.0547. The molecule has 1 heterocycles.